The summed E-state index contributed by atoms with van der Waals surface area (Å²) in [4.78, 5) is 10.2. The van der Waals surface area contributed by atoms with E-state index in [0.29, 0.717) is 19.0 Å². The van der Waals surface area contributed by atoms with Crippen molar-refractivity contribution in [3.63, 3.8) is 0 Å². The monoisotopic (exact) mass is 207 g/mol. The lowest BCUT2D eigenvalue weighted by molar-refractivity contribution is 0.678. The maximum Gasteiger partial charge on any atom is 0.132 e. The van der Waals surface area contributed by atoms with Crippen LogP contribution in [0.25, 0.3) is 0 Å². The molecule has 82 valence electrons. The van der Waals surface area contributed by atoms with Crippen LogP contribution in [-0.4, -0.2) is 28.4 Å². The fourth-order valence-corrected chi connectivity index (χ4v) is 1.33. The van der Waals surface area contributed by atoms with E-state index < -0.39 is 0 Å². The molecule has 1 aromatic rings. The predicted molar refractivity (Wildman–Crippen MR) is 61.0 cm³/mol. The van der Waals surface area contributed by atoms with Crippen molar-refractivity contribution in [3.8, 4) is 0 Å². The van der Waals surface area contributed by atoms with Crippen LogP contribution in [0.2, 0.25) is 0 Å². The molecule has 0 aliphatic heterocycles. The van der Waals surface area contributed by atoms with E-state index in [2.05, 4.69) is 28.7 Å². The summed E-state index contributed by atoms with van der Waals surface area (Å²) in [5, 5.41) is 7.21. The fraction of sp³-hybridized carbons (Fsp3) is 0.500. The van der Waals surface area contributed by atoms with Gasteiger partial charge in [-0.15, -0.1) is 0 Å². The third-order valence-corrected chi connectivity index (χ3v) is 2.11. The zero-order chi connectivity index (χ0) is 11.3. The minimum atomic E-state index is 0.203. The lowest BCUT2D eigenvalue weighted by atomic mass is 10.2. The number of amidine groups is 1. The van der Waals surface area contributed by atoms with E-state index in [1.165, 1.54) is 6.33 Å². The quantitative estimate of drug-likeness (QED) is 0.558. The maximum absolute atomic E-state index is 7.21. The second-order valence-electron chi connectivity index (χ2n) is 3.63. The first kappa shape index (κ1) is 11.4. The van der Waals surface area contributed by atoms with Gasteiger partial charge in [0, 0.05) is 25.2 Å². The Bertz CT molecular complexity index is 309. The molecule has 1 rings (SSSR count). The van der Waals surface area contributed by atoms with Gasteiger partial charge in [0.05, 0.1) is 5.84 Å². The molecule has 1 aromatic heterocycles. The van der Waals surface area contributed by atoms with Crippen LogP contribution in [0.3, 0.4) is 0 Å². The Morgan fingerprint density at radius 2 is 2.33 bits per heavy atom. The molecule has 5 heteroatoms. The maximum atomic E-state index is 7.21. The molecule has 3 N–H and O–H groups in total. The van der Waals surface area contributed by atoms with E-state index in [1.807, 2.05) is 6.07 Å². The average molecular weight is 207 g/mol. The van der Waals surface area contributed by atoms with Gasteiger partial charge in [0.15, 0.2) is 0 Å². The molecule has 0 unspecified atom stereocenters. The van der Waals surface area contributed by atoms with Gasteiger partial charge < -0.3 is 10.6 Å². The molecule has 0 amide bonds. The van der Waals surface area contributed by atoms with Gasteiger partial charge in [-0.05, 0) is 19.9 Å². The lowest BCUT2D eigenvalue weighted by Crippen LogP contribution is -2.34. The SMILES string of the molecule is CC(C)N(CCC(=N)N)c1ccncn1. The van der Waals surface area contributed by atoms with Crippen molar-refractivity contribution >= 4 is 11.7 Å². The summed E-state index contributed by atoms with van der Waals surface area (Å²) in [5.41, 5.74) is 5.34. The molecule has 0 bridgehead atoms. The molecular formula is C10H17N5. The van der Waals surface area contributed by atoms with Gasteiger partial charge in [-0.1, -0.05) is 0 Å². The number of nitrogens with two attached hydrogens (primary N) is 1. The Morgan fingerprint density at radius 3 is 2.80 bits per heavy atom. The van der Waals surface area contributed by atoms with Crippen molar-refractivity contribution in [1.29, 1.82) is 5.41 Å². The van der Waals surface area contributed by atoms with Gasteiger partial charge in [-0.3, -0.25) is 5.41 Å². The number of rotatable bonds is 5. The summed E-state index contributed by atoms with van der Waals surface area (Å²) in [7, 11) is 0. The van der Waals surface area contributed by atoms with Crippen LogP contribution in [-0.2, 0) is 0 Å². The van der Waals surface area contributed by atoms with E-state index in [9.17, 15) is 0 Å². The van der Waals surface area contributed by atoms with Crippen LogP contribution in [0.5, 0.6) is 0 Å². The van der Waals surface area contributed by atoms with Crippen molar-refractivity contribution < 1.29 is 0 Å². The molecule has 0 aromatic carbocycles. The molecule has 5 nitrogen and oxygen atoms in total. The molecule has 15 heavy (non-hydrogen) atoms. The fourth-order valence-electron chi connectivity index (χ4n) is 1.33. The van der Waals surface area contributed by atoms with Crippen molar-refractivity contribution in [2.45, 2.75) is 26.3 Å². The summed E-state index contributed by atoms with van der Waals surface area (Å²) < 4.78 is 0. The van der Waals surface area contributed by atoms with Gasteiger partial charge in [0.25, 0.3) is 0 Å². The molecule has 0 spiro atoms. The third-order valence-electron chi connectivity index (χ3n) is 2.11. The van der Waals surface area contributed by atoms with Crippen LogP contribution in [0, 0.1) is 5.41 Å². The smallest absolute Gasteiger partial charge is 0.132 e. The molecule has 0 atom stereocenters. The van der Waals surface area contributed by atoms with Crippen LogP contribution in [0.15, 0.2) is 18.6 Å². The highest BCUT2D eigenvalue weighted by molar-refractivity contribution is 5.77. The average Bonchev–Trinajstić information content (AvgIpc) is 2.18. The summed E-state index contributed by atoms with van der Waals surface area (Å²) in [6.45, 7) is 4.88. The van der Waals surface area contributed by atoms with Gasteiger partial charge in [0.1, 0.15) is 12.1 Å². The number of nitrogens with one attached hydrogen (secondary N) is 1. The highest BCUT2D eigenvalue weighted by Gasteiger charge is 2.11. The number of anilines is 1. The summed E-state index contributed by atoms with van der Waals surface area (Å²) >= 11 is 0. The van der Waals surface area contributed by atoms with Crippen LogP contribution in [0.4, 0.5) is 5.82 Å². The summed E-state index contributed by atoms with van der Waals surface area (Å²) in [6.07, 6.45) is 3.80. The van der Waals surface area contributed by atoms with Gasteiger partial charge >= 0.3 is 0 Å². The van der Waals surface area contributed by atoms with Gasteiger partial charge in [-0.2, -0.15) is 0 Å². The Hall–Kier alpha value is -1.65. The van der Waals surface area contributed by atoms with E-state index >= 15 is 0 Å². The van der Waals surface area contributed by atoms with Crippen molar-refractivity contribution in [2.75, 3.05) is 11.4 Å². The highest BCUT2D eigenvalue weighted by atomic mass is 15.2. The topological polar surface area (TPSA) is 78.9 Å². The van der Waals surface area contributed by atoms with Crippen molar-refractivity contribution in [2.24, 2.45) is 5.73 Å². The first-order valence-corrected chi connectivity index (χ1v) is 4.97. The Balaban J connectivity index is 2.70. The third kappa shape index (κ3) is 3.53. The number of hydrogen-bond acceptors (Lipinski definition) is 4. The predicted octanol–water partition coefficient (Wildman–Crippen LogP) is 1.02. The molecular weight excluding hydrogens is 190 g/mol. The summed E-state index contributed by atoms with van der Waals surface area (Å²) in [6, 6.07) is 2.19. The van der Waals surface area contributed by atoms with Crippen LogP contribution < -0.4 is 10.6 Å². The second kappa shape index (κ2) is 5.29. The largest absolute Gasteiger partial charge is 0.388 e. The number of nitrogens with zero attached hydrogens (tertiary/aromatic N) is 3. The standard InChI is InChI=1S/C10H17N5/c1-8(2)15(6-4-9(11)12)10-3-5-13-7-14-10/h3,5,7-8H,4,6H2,1-2H3,(H3,11,12). The number of hydrogen-bond donors (Lipinski definition) is 2. The van der Waals surface area contributed by atoms with Gasteiger partial charge in [-0.25, -0.2) is 9.97 Å². The van der Waals surface area contributed by atoms with E-state index in [1.54, 1.807) is 6.20 Å². The van der Waals surface area contributed by atoms with Crippen molar-refractivity contribution in [1.82, 2.24) is 9.97 Å². The molecule has 0 fully saturated rings. The summed E-state index contributed by atoms with van der Waals surface area (Å²) in [5.74, 6) is 1.08. The molecule has 0 saturated carbocycles. The normalized spacial score (nSPS) is 10.3. The second-order valence-corrected chi connectivity index (χ2v) is 3.63. The molecule has 0 saturated heterocycles. The minimum absolute atomic E-state index is 0.203. The zero-order valence-electron chi connectivity index (χ0n) is 9.14. The minimum Gasteiger partial charge on any atom is -0.388 e. The van der Waals surface area contributed by atoms with E-state index in [4.69, 9.17) is 11.1 Å². The van der Waals surface area contributed by atoms with Crippen LogP contribution in [0.1, 0.15) is 20.3 Å². The molecule has 1 heterocycles. The number of aromatic nitrogens is 2. The highest BCUT2D eigenvalue weighted by Crippen LogP contribution is 2.12. The Kier molecular flexibility index (Phi) is 4.03. The Morgan fingerprint density at radius 1 is 1.60 bits per heavy atom. The zero-order valence-corrected chi connectivity index (χ0v) is 9.14. The molecule has 0 aliphatic carbocycles. The van der Waals surface area contributed by atoms with E-state index in [-0.39, 0.29) is 5.84 Å². The molecule has 0 radical (unpaired) electrons. The lowest BCUT2D eigenvalue weighted by Gasteiger charge is -2.27. The van der Waals surface area contributed by atoms with E-state index in [0.717, 1.165) is 5.82 Å². The Labute approximate surface area is 89.8 Å². The molecule has 0 aliphatic rings. The van der Waals surface area contributed by atoms with Gasteiger partial charge in [0.2, 0.25) is 0 Å². The first-order valence-electron chi connectivity index (χ1n) is 4.97. The van der Waals surface area contributed by atoms with Crippen molar-refractivity contribution in [3.05, 3.63) is 18.6 Å². The first-order chi connectivity index (χ1) is 7.11. The van der Waals surface area contributed by atoms with Crippen LogP contribution >= 0.6 is 0 Å².